The molecule has 27 heavy (non-hydrogen) atoms. The number of hydrogen-bond acceptors (Lipinski definition) is 4. The van der Waals surface area contributed by atoms with Crippen molar-refractivity contribution >= 4 is 16.8 Å². The van der Waals surface area contributed by atoms with Crippen LogP contribution >= 0.6 is 0 Å². The first kappa shape index (κ1) is 17.5. The highest BCUT2D eigenvalue weighted by molar-refractivity contribution is 6.07. The maximum atomic E-state index is 13.2. The van der Waals surface area contributed by atoms with Gasteiger partial charge in [-0.05, 0) is 48.4 Å². The van der Waals surface area contributed by atoms with Crippen LogP contribution in [-0.4, -0.2) is 23.0 Å². The molecule has 0 saturated heterocycles. The van der Waals surface area contributed by atoms with E-state index < -0.39 is 0 Å². The average Bonchev–Trinajstić information content (AvgIpc) is 2.70. The van der Waals surface area contributed by atoms with E-state index in [1.54, 1.807) is 13.3 Å². The van der Waals surface area contributed by atoms with Gasteiger partial charge < -0.3 is 10.1 Å². The Hall–Kier alpha value is -2.95. The molecule has 1 amide bonds. The van der Waals surface area contributed by atoms with Crippen LogP contribution in [0.1, 0.15) is 40.5 Å². The van der Waals surface area contributed by atoms with Crippen LogP contribution in [0.15, 0.2) is 42.6 Å². The van der Waals surface area contributed by atoms with Gasteiger partial charge in [0, 0.05) is 29.9 Å². The van der Waals surface area contributed by atoms with Gasteiger partial charge in [0.1, 0.15) is 0 Å². The molecule has 1 aliphatic rings. The molecule has 4 rings (SSSR count). The number of hydrogen-bond donors (Lipinski definition) is 1. The number of methoxy groups -OCH3 is 1. The Balaban J connectivity index is 1.69. The minimum Gasteiger partial charge on any atom is -0.481 e. The van der Waals surface area contributed by atoms with Crippen LogP contribution in [0.2, 0.25) is 0 Å². The molecule has 1 aliphatic carbocycles. The van der Waals surface area contributed by atoms with E-state index in [9.17, 15) is 4.79 Å². The predicted octanol–water partition coefficient (Wildman–Crippen LogP) is 3.69. The van der Waals surface area contributed by atoms with Gasteiger partial charge in [0.05, 0.1) is 18.2 Å². The number of pyridine rings is 2. The number of rotatable bonds is 4. The summed E-state index contributed by atoms with van der Waals surface area (Å²) in [7, 11) is 1.58. The number of aromatic nitrogens is 2. The lowest BCUT2D eigenvalue weighted by molar-refractivity contribution is 0.0951. The molecule has 0 radical (unpaired) electrons. The fraction of sp³-hybridized carbons (Fsp3) is 0.318. The van der Waals surface area contributed by atoms with Crippen molar-refractivity contribution in [2.24, 2.45) is 5.92 Å². The number of amides is 1. The quantitative estimate of drug-likeness (QED) is 0.770. The zero-order valence-corrected chi connectivity index (χ0v) is 15.7. The summed E-state index contributed by atoms with van der Waals surface area (Å²) in [6.07, 6.45) is 4.64. The van der Waals surface area contributed by atoms with E-state index in [1.807, 2.05) is 36.4 Å². The summed E-state index contributed by atoms with van der Waals surface area (Å²) >= 11 is 0. The molecule has 0 saturated carbocycles. The second kappa shape index (κ2) is 7.35. The minimum atomic E-state index is -0.0465. The highest BCUT2D eigenvalue weighted by atomic mass is 16.5. The van der Waals surface area contributed by atoms with Crippen molar-refractivity contribution in [1.82, 2.24) is 15.3 Å². The highest BCUT2D eigenvalue weighted by Gasteiger charge is 2.25. The molecule has 0 unspecified atom stereocenters. The monoisotopic (exact) mass is 361 g/mol. The number of nitrogens with one attached hydrogen (secondary N) is 1. The number of benzene rings is 1. The summed E-state index contributed by atoms with van der Waals surface area (Å²) in [5, 5.41) is 4.00. The van der Waals surface area contributed by atoms with Crippen molar-refractivity contribution in [2.75, 3.05) is 7.11 Å². The summed E-state index contributed by atoms with van der Waals surface area (Å²) in [6.45, 7) is 2.67. The third-order valence-electron chi connectivity index (χ3n) is 5.19. The normalized spacial score (nSPS) is 16.0. The van der Waals surface area contributed by atoms with Crippen LogP contribution in [0.5, 0.6) is 5.88 Å². The molecule has 2 heterocycles. The number of carbonyl (C=O) groups excluding carboxylic acids is 1. The molecular formula is C22H23N3O2. The van der Waals surface area contributed by atoms with Crippen molar-refractivity contribution in [3.05, 3.63) is 65.0 Å². The van der Waals surface area contributed by atoms with Gasteiger partial charge in [-0.3, -0.25) is 9.78 Å². The van der Waals surface area contributed by atoms with Gasteiger partial charge in [0.25, 0.3) is 5.91 Å². The summed E-state index contributed by atoms with van der Waals surface area (Å²) < 4.78 is 5.16. The summed E-state index contributed by atoms with van der Waals surface area (Å²) in [5.41, 5.74) is 4.81. The maximum Gasteiger partial charge on any atom is 0.252 e. The van der Waals surface area contributed by atoms with E-state index in [0.29, 0.717) is 18.3 Å². The average molecular weight is 361 g/mol. The van der Waals surface area contributed by atoms with Gasteiger partial charge in [0.2, 0.25) is 5.88 Å². The number of aryl methyl sites for hydroxylation is 1. The number of nitrogens with zero attached hydrogens (tertiary/aromatic N) is 2. The lowest BCUT2D eigenvalue weighted by Crippen LogP contribution is -2.27. The van der Waals surface area contributed by atoms with Crippen molar-refractivity contribution in [3.63, 3.8) is 0 Å². The van der Waals surface area contributed by atoms with E-state index in [1.165, 1.54) is 0 Å². The molecule has 5 nitrogen and oxygen atoms in total. The summed E-state index contributed by atoms with van der Waals surface area (Å²) in [6, 6.07) is 11.6. The first-order valence-corrected chi connectivity index (χ1v) is 9.33. The number of para-hydroxylation sites is 1. The predicted molar refractivity (Wildman–Crippen MR) is 105 cm³/mol. The SMILES string of the molecule is COc1cc(CNC(=O)c2c3c(nc4ccccc24)CC[C@H](C)C3)ccn1. The van der Waals surface area contributed by atoms with Crippen LogP contribution in [-0.2, 0) is 19.4 Å². The third-order valence-corrected chi connectivity index (χ3v) is 5.19. The molecule has 0 spiro atoms. The zero-order valence-electron chi connectivity index (χ0n) is 15.7. The minimum absolute atomic E-state index is 0.0465. The largest absolute Gasteiger partial charge is 0.481 e. The second-order valence-corrected chi connectivity index (χ2v) is 7.17. The lowest BCUT2D eigenvalue weighted by Gasteiger charge is -2.24. The molecule has 2 aromatic heterocycles. The highest BCUT2D eigenvalue weighted by Crippen LogP contribution is 2.31. The molecule has 1 N–H and O–H groups in total. The second-order valence-electron chi connectivity index (χ2n) is 7.17. The Morgan fingerprint density at radius 2 is 2.15 bits per heavy atom. The van der Waals surface area contributed by atoms with Crippen LogP contribution in [0.25, 0.3) is 10.9 Å². The molecule has 0 aliphatic heterocycles. The Morgan fingerprint density at radius 3 is 3.00 bits per heavy atom. The van der Waals surface area contributed by atoms with Crippen LogP contribution < -0.4 is 10.1 Å². The molecular weight excluding hydrogens is 338 g/mol. The summed E-state index contributed by atoms with van der Waals surface area (Å²) in [5.74, 6) is 1.06. The van der Waals surface area contributed by atoms with Gasteiger partial charge in [-0.25, -0.2) is 4.98 Å². The molecule has 1 aromatic carbocycles. The van der Waals surface area contributed by atoms with Gasteiger partial charge in [-0.15, -0.1) is 0 Å². The lowest BCUT2D eigenvalue weighted by atomic mass is 9.84. The molecule has 1 atom stereocenters. The standard InChI is InChI=1S/C22H23N3O2/c1-14-7-8-19-17(11-14)21(16-5-3-4-6-18(16)25-19)22(26)24-13-15-9-10-23-20(12-15)27-2/h3-6,9-10,12,14H,7-8,11,13H2,1-2H3,(H,24,26)/t14-/m0/s1. The van der Waals surface area contributed by atoms with Crippen LogP contribution in [0.4, 0.5) is 0 Å². The van der Waals surface area contributed by atoms with E-state index in [-0.39, 0.29) is 5.91 Å². The van der Waals surface area contributed by atoms with Gasteiger partial charge in [-0.1, -0.05) is 25.1 Å². The van der Waals surface area contributed by atoms with Gasteiger partial charge >= 0.3 is 0 Å². The Morgan fingerprint density at radius 1 is 1.30 bits per heavy atom. The van der Waals surface area contributed by atoms with E-state index in [0.717, 1.165) is 52.5 Å². The number of carbonyl (C=O) groups is 1. The Labute approximate surface area is 158 Å². The van der Waals surface area contributed by atoms with E-state index in [4.69, 9.17) is 9.72 Å². The topological polar surface area (TPSA) is 64.1 Å². The Bertz CT molecular complexity index is 1000. The number of fused-ring (bicyclic) bond motifs is 2. The molecule has 0 bridgehead atoms. The molecule has 0 fully saturated rings. The van der Waals surface area contributed by atoms with E-state index >= 15 is 0 Å². The number of ether oxygens (including phenoxy) is 1. The Kier molecular flexibility index (Phi) is 4.75. The first-order chi connectivity index (χ1) is 13.2. The van der Waals surface area contributed by atoms with Gasteiger partial charge in [-0.2, -0.15) is 0 Å². The van der Waals surface area contributed by atoms with Crippen LogP contribution in [0.3, 0.4) is 0 Å². The van der Waals surface area contributed by atoms with E-state index in [2.05, 4.69) is 17.2 Å². The third kappa shape index (κ3) is 3.50. The molecule has 5 heteroatoms. The van der Waals surface area contributed by atoms with Crippen molar-refractivity contribution < 1.29 is 9.53 Å². The zero-order chi connectivity index (χ0) is 18.8. The van der Waals surface area contributed by atoms with Crippen molar-refractivity contribution in [2.45, 2.75) is 32.7 Å². The molecule has 3 aromatic rings. The fourth-order valence-corrected chi connectivity index (χ4v) is 3.76. The summed E-state index contributed by atoms with van der Waals surface area (Å²) in [4.78, 5) is 22.1. The molecule has 138 valence electrons. The van der Waals surface area contributed by atoms with Gasteiger partial charge in [0.15, 0.2) is 0 Å². The smallest absolute Gasteiger partial charge is 0.252 e. The van der Waals surface area contributed by atoms with Crippen LogP contribution in [0, 0.1) is 5.92 Å². The first-order valence-electron chi connectivity index (χ1n) is 9.33. The maximum absolute atomic E-state index is 13.2. The van der Waals surface area contributed by atoms with Crippen molar-refractivity contribution in [1.29, 1.82) is 0 Å². The van der Waals surface area contributed by atoms with Crippen molar-refractivity contribution in [3.8, 4) is 5.88 Å². The fourth-order valence-electron chi connectivity index (χ4n) is 3.76.